The molecule has 0 radical (unpaired) electrons. The summed E-state index contributed by atoms with van der Waals surface area (Å²) in [7, 11) is 0. The van der Waals surface area contributed by atoms with Gasteiger partial charge < -0.3 is 10.6 Å². The predicted molar refractivity (Wildman–Crippen MR) is 97.2 cm³/mol. The first-order chi connectivity index (χ1) is 12.1. The van der Waals surface area contributed by atoms with Crippen LogP contribution in [0.3, 0.4) is 0 Å². The number of hydrogen-bond donors (Lipinski definition) is 2. The van der Waals surface area contributed by atoms with Crippen LogP contribution in [0.5, 0.6) is 0 Å². The van der Waals surface area contributed by atoms with E-state index in [-0.39, 0.29) is 29.9 Å². The molecule has 0 atom stereocenters. The summed E-state index contributed by atoms with van der Waals surface area (Å²) in [4.78, 5) is 24.7. The monoisotopic (exact) mass is 358 g/mol. The van der Waals surface area contributed by atoms with Gasteiger partial charge in [0.05, 0.1) is 12.3 Å². The van der Waals surface area contributed by atoms with Gasteiger partial charge in [-0.25, -0.2) is 4.39 Å². The Bertz CT molecular complexity index is 777. The third-order valence-electron chi connectivity index (χ3n) is 4.01. The Morgan fingerprint density at radius 3 is 2.56 bits per heavy atom. The molecule has 25 heavy (non-hydrogen) atoms. The molecule has 6 heteroatoms. The molecule has 0 unspecified atom stereocenters. The number of carbonyl (C=O) groups excluding carboxylic acids is 2. The summed E-state index contributed by atoms with van der Waals surface area (Å²) in [5, 5.41) is 5.19. The van der Waals surface area contributed by atoms with Gasteiger partial charge in [-0.2, -0.15) is 0 Å². The van der Waals surface area contributed by atoms with Gasteiger partial charge in [-0.05, 0) is 66.8 Å². The van der Waals surface area contributed by atoms with Crippen LogP contribution in [0, 0.1) is 5.82 Å². The van der Waals surface area contributed by atoms with Crippen LogP contribution in [-0.2, 0) is 22.4 Å². The SMILES string of the molecule is O=C(CSc1ccc2c(c1)CCC2)NCC(=O)Nc1ccc(F)cc1. The quantitative estimate of drug-likeness (QED) is 0.780. The molecule has 2 aromatic carbocycles. The number of fused-ring (bicyclic) bond motifs is 1. The molecule has 2 N–H and O–H groups in total. The van der Waals surface area contributed by atoms with Crippen molar-refractivity contribution in [2.24, 2.45) is 0 Å². The first-order valence-corrected chi connectivity index (χ1v) is 9.15. The van der Waals surface area contributed by atoms with E-state index in [1.165, 1.54) is 53.6 Å². The van der Waals surface area contributed by atoms with E-state index in [2.05, 4.69) is 22.8 Å². The van der Waals surface area contributed by atoms with E-state index in [1.807, 2.05) is 6.07 Å². The molecule has 0 saturated heterocycles. The van der Waals surface area contributed by atoms with Gasteiger partial charge in [0.2, 0.25) is 11.8 Å². The molecule has 0 fully saturated rings. The van der Waals surface area contributed by atoms with Gasteiger partial charge in [0.25, 0.3) is 0 Å². The molecule has 1 aliphatic carbocycles. The van der Waals surface area contributed by atoms with Gasteiger partial charge >= 0.3 is 0 Å². The minimum atomic E-state index is -0.366. The van der Waals surface area contributed by atoms with Crippen LogP contribution >= 0.6 is 11.8 Å². The van der Waals surface area contributed by atoms with Crippen LogP contribution < -0.4 is 10.6 Å². The Morgan fingerprint density at radius 1 is 1.00 bits per heavy atom. The summed E-state index contributed by atoms with van der Waals surface area (Å²) < 4.78 is 12.8. The van der Waals surface area contributed by atoms with Crippen molar-refractivity contribution in [3.05, 3.63) is 59.4 Å². The topological polar surface area (TPSA) is 58.2 Å². The summed E-state index contributed by atoms with van der Waals surface area (Å²) in [5.41, 5.74) is 3.28. The van der Waals surface area contributed by atoms with Gasteiger partial charge in [0, 0.05) is 10.6 Å². The van der Waals surface area contributed by atoms with Gasteiger partial charge in [-0.15, -0.1) is 11.8 Å². The second kappa shape index (κ2) is 8.16. The fourth-order valence-electron chi connectivity index (χ4n) is 2.76. The lowest BCUT2D eigenvalue weighted by atomic mass is 10.1. The van der Waals surface area contributed by atoms with Crippen LogP contribution in [0.4, 0.5) is 10.1 Å². The highest BCUT2D eigenvalue weighted by atomic mass is 32.2. The van der Waals surface area contributed by atoms with E-state index in [0.717, 1.165) is 17.7 Å². The molecule has 2 aromatic rings. The summed E-state index contributed by atoms with van der Waals surface area (Å²) in [6.45, 7) is -0.110. The highest BCUT2D eigenvalue weighted by molar-refractivity contribution is 8.00. The molecule has 0 spiro atoms. The standard InChI is InChI=1S/C19H19FN2O2S/c20-15-5-7-16(8-6-15)22-18(23)11-21-19(24)12-25-17-9-4-13-2-1-3-14(13)10-17/h4-10H,1-3,11-12H2,(H,21,24)(H,22,23). The third-order valence-corrected chi connectivity index (χ3v) is 5.01. The number of amides is 2. The average molecular weight is 358 g/mol. The number of benzene rings is 2. The number of aryl methyl sites for hydroxylation is 2. The van der Waals surface area contributed by atoms with Crippen LogP contribution in [0.15, 0.2) is 47.4 Å². The normalized spacial score (nSPS) is 12.5. The van der Waals surface area contributed by atoms with Gasteiger partial charge in [0.15, 0.2) is 0 Å². The van der Waals surface area contributed by atoms with Crippen molar-refractivity contribution < 1.29 is 14.0 Å². The molecule has 130 valence electrons. The molecule has 0 bridgehead atoms. The van der Waals surface area contributed by atoms with Crippen molar-refractivity contribution >= 4 is 29.3 Å². The molecular formula is C19H19FN2O2S. The molecule has 4 nitrogen and oxygen atoms in total. The first-order valence-electron chi connectivity index (χ1n) is 8.17. The third kappa shape index (κ3) is 5.06. The summed E-state index contributed by atoms with van der Waals surface area (Å²) >= 11 is 1.47. The Balaban J connectivity index is 1.40. The number of thioether (sulfide) groups is 1. The first kappa shape index (κ1) is 17.5. The van der Waals surface area contributed by atoms with E-state index in [9.17, 15) is 14.0 Å². The Kier molecular flexibility index (Phi) is 5.71. The Labute approximate surface area is 150 Å². The van der Waals surface area contributed by atoms with Gasteiger partial charge in [-0.1, -0.05) is 6.07 Å². The smallest absolute Gasteiger partial charge is 0.243 e. The molecule has 2 amide bonds. The lowest BCUT2D eigenvalue weighted by Gasteiger charge is -2.08. The number of carbonyl (C=O) groups is 2. The lowest BCUT2D eigenvalue weighted by molar-refractivity contribution is -0.122. The number of anilines is 1. The summed E-state index contributed by atoms with van der Waals surface area (Å²) in [6.07, 6.45) is 3.45. The molecule has 0 heterocycles. The van der Waals surface area contributed by atoms with Crippen molar-refractivity contribution in [3.8, 4) is 0 Å². The fourth-order valence-corrected chi connectivity index (χ4v) is 3.54. The van der Waals surface area contributed by atoms with Crippen molar-refractivity contribution in [2.45, 2.75) is 24.2 Å². The lowest BCUT2D eigenvalue weighted by Crippen LogP contribution is -2.33. The molecule has 3 rings (SSSR count). The van der Waals surface area contributed by atoms with Crippen LogP contribution in [0.2, 0.25) is 0 Å². The minimum Gasteiger partial charge on any atom is -0.346 e. The molecule has 1 aliphatic rings. The largest absolute Gasteiger partial charge is 0.346 e. The maximum absolute atomic E-state index is 12.8. The Morgan fingerprint density at radius 2 is 1.76 bits per heavy atom. The van der Waals surface area contributed by atoms with E-state index >= 15 is 0 Å². The second-order valence-electron chi connectivity index (χ2n) is 5.90. The number of nitrogens with one attached hydrogen (secondary N) is 2. The molecule has 0 saturated carbocycles. The van der Waals surface area contributed by atoms with Crippen molar-refractivity contribution in [1.82, 2.24) is 5.32 Å². The van der Waals surface area contributed by atoms with Crippen LogP contribution in [0.1, 0.15) is 17.5 Å². The predicted octanol–water partition coefficient (Wildman–Crippen LogP) is 3.16. The average Bonchev–Trinajstić information content (AvgIpc) is 3.08. The Hall–Kier alpha value is -2.34. The van der Waals surface area contributed by atoms with Gasteiger partial charge in [0.1, 0.15) is 5.82 Å². The summed E-state index contributed by atoms with van der Waals surface area (Å²) in [6, 6.07) is 11.8. The zero-order valence-electron chi connectivity index (χ0n) is 13.7. The van der Waals surface area contributed by atoms with Crippen LogP contribution in [0.25, 0.3) is 0 Å². The van der Waals surface area contributed by atoms with Crippen molar-refractivity contribution in [3.63, 3.8) is 0 Å². The fraction of sp³-hybridized carbons (Fsp3) is 0.263. The molecule has 0 aromatic heterocycles. The maximum Gasteiger partial charge on any atom is 0.243 e. The van der Waals surface area contributed by atoms with Gasteiger partial charge in [-0.3, -0.25) is 9.59 Å². The number of hydrogen-bond acceptors (Lipinski definition) is 3. The highest BCUT2D eigenvalue weighted by Crippen LogP contribution is 2.27. The maximum atomic E-state index is 12.8. The minimum absolute atomic E-state index is 0.110. The van der Waals surface area contributed by atoms with E-state index < -0.39 is 0 Å². The number of halogens is 1. The van der Waals surface area contributed by atoms with Crippen LogP contribution in [-0.4, -0.2) is 24.1 Å². The molecule has 0 aliphatic heterocycles. The van der Waals surface area contributed by atoms with E-state index in [0.29, 0.717) is 5.69 Å². The van der Waals surface area contributed by atoms with E-state index in [1.54, 1.807) is 0 Å². The summed E-state index contributed by atoms with van der Waals surface area (Å²) in [5.74, 6) is -0.639. The zero-order valence-corrected chi connectivity index (χ0v) is 14.5. The highest BCUT2D eigenvalue weighted by Gasteiger charge is 2.12. The second-order valence-corrected chi connectivity index (χ2v) is 6.95. The van der Waals surface area contributed by atoms with Crippen molar-refractivity contribution in [1.29, 1.82) is 0 Å². The van der Waals surface area contributed by atoms with Crippen molar-refractivity contribution in [2.75, 3.05) is 17.6 Å². The number of rotatable bonds is 6. The molecular weight excluding hydrogens is 339 g/mol. The zero-order chi connectivity index (χ0) is 17.6. The van der Waals surface area contributed by atoms with E-state index in [4.69, 9.17) is 0 Å².